The molecule has 0 saturated carbocycles. The number of hydrogen-bond donors (Lipinski definition) is 0. The number of allylic oxidation sites excluding steroid dienone is 10. The summed E-state index contributed by atoms with van der Waals surface area (Å²) in [5, 5.41) is 0. The monoisotopic (exact) mass is 1060 g/mol. The maximum absolute atomic E-state index is 12.9. The van der Waals surface area contributed by atoms with Crippen LogP contribution in [0.1, 0.15) is 348 Å². The summed E-state index contributed by atoms with van der Waals surface area (Å²) in [4.78, 5) is 38.3. The van der Waals surface area contributed by atoms with Gasteiger partial charge in [-0.1, -0.05) is 281 Å². The van der Waals surface area contributed by atoms with Gasteiger partial charge in [0.2, 0.25) is 0 Å². The van der Waals surface area contributed by atoms with E-state index in [1.807, 2.05) is 0 Å². The fourth-order valence-corrected chi connectivity index (χ4v) is 9.68. The topological polar surface area (TPSA) is 78.9 Å². The number of ether oxygens (including phenoxy) is 3. The van der Waals surface area contributed by atoms with Crippen LogP contribution in [-0.4, -0.2) is 37.2 Å². The van der Waals surface area contributed by atoms with E-state index in [0.29, 0.717) is 19.3 Å². The lowest BCUT2D eigenvalue weighted by molar-refractivity contribution is -0.167. The minimum Gasteiger partial charge on any atom is -0.462 e. The molecule has 0 aromatic rings. The Balaban J connectivity index is 4.21. The van der Waals surface area contributed by atoms with Crippen molar-refractivity contribution in [2.45, 2.75) is 354 Å². The molecular weight excluding hydrogens is 937 g/mol. The van der Waals surface area contributed by atoms with E-state index in [-0.39, 0.29) is 31.1 Å². The molecule has 0 aromatic heterocycles. The van der Waals surface area contributed by atoms with Gasteiger partial charge in [0.05, 0.1) is 0 Å². The van der Waals surface area contributed by atoms with Crippen LogP contribution in [0.4, 0.5) is 0 Å². The van der Waals surface area contributed by atoms with Gasteiger partial charge >= 0.3 is 17.9 Å². The summed E-state index contributed by atoms with van der Waals surface area (Å²) in [6.45, 7) is 6.62. The van der Waals surface area contributed by atoms with Gasteiger partial charge in [-0.2, -0.15) is 0 Å². The van der Waals surface area contributed by atoms with Crippen LogP contribution < -0.4 is 0 Å². The number of esters is 3. The maximum atomic E-state index is 12.9. The molecule has 1 atom stereocenters. The Morgan fingerprint density at radius 2 is 0.474 bits per heavy atom. The van der Waals surface area contributed by atoms with Gasteiger partial charge in [-0.3, -0.25) is 14.4 Å². The van der Waals surface area contributed by atoms with Crippen LogP contribution in [0.15, 0.2) is 60.8 Å². The highest BCUT2D eigenvalue weighted by Crippen LogP contribution is 2.17. The van der Waals surface area contributed by atoms with Crippen LogP contribution in [0, 0.1) is 0 Å². The fraction of sp³-hybridized carbons (Fsp3) is 0.814. The first kappa shape index (κ1) is 73.1. The third-order valence-electron chi connectivity index (χ3n) is 14.7. The van der Waals surface area contributed by atoms with Gasteiger partial charge in [0.15, 0.2) is 6.10 Å². The highest BCUT2D eigenvalue weighted by atomic mass is 16.6. The molecule has 0 rings (SSSR count). The highest BCUT2D eigenvalue weighted by molar-refractivity contribution is 5.71. The highest BCUT2D eigenvalue weighted by Gasteiger charge is 2.19. The smallest absolute Gasteiger partial charge is 0.306 e. The maximum Gasteiger partial charge on any atom is 0.306 e. The van der Waals surface area contributed by atoms with E-state index in [2.05, 4.69) is 81.5 Å². The second-order valence-electron chi connectivity index (χ2n) is 22.4. The Kier molecular flexibility index (Phi) is 62.2. The van der Waals surface area contributed by atoms with Gasteiger partial charge in [-0.05, 0) is 109 Å². The van der Waals surface area contributed by atoms with Gasteiger partial charge in [0, 0.05) is 19.3 Å². The molecule has 1 unspecified atom stereocenters. The summed E-state index contributed by atoms with van der Waals surface area (Å²) in [5.74, 6) is -0.885. The molecule has 0 aliphatic heterocycles. The van der Waals surface area contributed by atoms with Crippen molar-refractivity contribution in [1.82, 2.24) is 0 Å². The standard InChI is InChI=1S/C70H126O6/c1-4-7-10-13-16-19-22-25-27-29-30-31-32-33-34-35-36-37-38-39-40-41-43-45-48-51-54-57-60-63-69(72)75-66-67(65-74-68(71)62-59-56-53-50-47-44-24-21-18-15-12-9-6-3)76-70(73)64-61-58-55-52-49-46-42-28-26-23-20-17-14-11-8-5-2/h20-25,28-30,42,67H,4-19,26-27,31-41,43-66H2,1-3H3/b23-20-,24-21-,25-22-,30-29-,42-28-. The van der Waals surface area contributed by atoms with Crippen LogP contribution >= 0.6 is 0 Å². The molecule has 442 valence electrons. The number of carbonyl (C=O) groups excluding carboxylic acids is 3. The molecule has 0 radical (unpaired) electrons. The van der Waals surface area contributed by atoms with Crippen molar-refractivity contribution in [2.75, 3.05) is 13.2 Å². The minimum absolute atomic E-state index is 0.0798. The zero-order chi connectivity index (χ0) is 55.0. The largest absolute Gasteiger partial charge is 0.462 e. The molecule has 0 fully saturated rings. The average Bonchev–Trinajstić information content (AvgIpc) is 3.42. The minimum atomic E-state index is -0.784. The van der Waals surface area contributed by atoms with E-state index in [0.717, 1.165) is 96.3 Å². The summed E-state index contributed by atoms with van der Waals surface area (Å²) in [5.41, 5.74) is 0. The molecule has 0 saturated heterocycles. The van der Waals surface area contributed by atoms with Crippen molar-refractivity contribution in [3.8, 4) is 0 Å². The molecule has 0 N–H and O–H groups in total. The lowest BCUT2D eigenvalue weighted by Crippen LogP contribution is -2.30. The first-order valence-corrected chi connectivity index (χ1v) is 33.3. The summed E-state index contributed by atoms with van der Waals surface area (Å²) in [7, 11) is 0. The normalized spacial score (nSPS) is 12.4. The second kappa shape index (κ2) is 64.6. The van der Waals surface area contributed by atoms with Crippen LogP contribution in [0.25, 0.3) is 0 Å². The second-order valence-corrected chi connectivity index (χ2v) is 22.4. The zero-order valence-electron chi connectivity index (χ0n) is 50.8. The Hall–Kier alpha value is -2.89. The van der Waals surface area contributed by atoms with E-state index in [4.69, 9.17) is 14.2 Å². The predicted octanol–water partition coefficient (Wildman–Crippen LogP) is 22.7. The van der Waals surface area contributed by atoms with Gasteiger partial charge in [-0.15, -0.1) is 0 Å². The van der Waals surface area contributed by atoms with Crippen LogP contribution in [0.3, 0.4) is 0 Å². The first-order chi connectivity index (χ1) is 37.5. The van der Waals surface area contributed by atoms with Crippen molar-refractivity contribution in [1.29, 1.82) is 0 Å². The van der Waals surface area contributed by atoms with Crippen molar-refractivity contribution >= 4 is 17.9 Å². The number of rotatable bonds is 61. The van der Waals surface area contributed by atoms with Gasteiger partial charge in [0.1, 0.15) is 13.2 Å². The molecule has 0 amide bonds. The third-order valence-corrected chi connectivity index (χ3v) is 14.7. The Labute approximate surface area is 472 Å². The van der Waals surface area contributed by atoms with E-state index in [1.165, 1.54) is 212 Å². The number of unbranched alkanes of at least 4 members (excludes halogenated alkanes) is 40. The number of hydrogen-bond acceptors (Lipinski definition) is 6. The Morgan fingerprint density at radius 3 is 0.750 bits per heavy atom. The lowest BCUT2D eigenvalue weighted by Gasteiger charge is -2.18. The summed E-state index contributed by atoms with van der Waals surface area (Å²) in [6.07, 6.45) is 82.4. The molecule has 0 aliphatic rings. The van der Waals surface area contributed by atoms with E-state index in [1.54, 1.807) is 0 Å². The van der Waals surface area contributed by atoms with Crippen molar-refractivity contribution in [3.63, 3.8) is 0 Å². The van der Waals surface area contributed by atoms with E-state index in [9.17, 15) is 14.4 Å². The van der Waals surface area contributed by atoms with Crippen molar-refractivity contribution < 1.29 is 28.6 Å². The molecule has 0 spiro atoms. The fourth-order valence-electron chi connectivity index (χ4n) is 9.68. The molecule has 0 aromatic carbocycles. The molecular formula is C70H126O6. The summed E-state index contributed by atoms with van der Waals surface area (Å²) >= 11 is 0. The summed E-state index contributed by atoms with van der Waals surface area (Å²) in [6, 6.07) is 0. The van der Waals surface area contributed by atoms with Crippen LogP contribution in [0.5, 0.6) is 0 Å². The van der Waals surface area contributed by atoms with Gasteiger partial charge in [0.25, 0.3) is 0 Å². The Bertz CT molecular complexity index is 1360. The van der Waals surface area contributed by atoms with Crippen LogP contribution in [-0.2, 0) is 28.6 Å². The van der Waals surface area contributed by atoms with Crippen molar-refractivity contribution in [3.05, 3.63) is 60.8 Å². The van der Waals surface area contributed by atoms with Crippen LogP contribution in [0.2, 0.25) is 0 Å². The van der Waals surface area contributed by atoms with Gasteiger partial charge in [-0.25, -0.2) is 0 Å². The average molecular weight is 1060 g/mol. The lowest BCUT2D eigenvalue weighted by atomic mass is 10.0. The van der Waals surface area contributed by atoms with Gasteiger partial charge < -0.3 is 14.2 Å². The predicted molar refractivity (Wildman–Crippen MR) is 330 cm³/mol. The quantitative estimate of drug-likeness (QED) is 0.0261. The SMILES string of the molecule is CCCCCC/C=C\C/C=C\CCCCCCCC(=O)OC(COC(=O)CCCCCCC/C=C\CCCCCC)COC(=O)CCCCCCCCCCCCCCCCCCC/C=C\C/C=C\CCCCCCC. The molecule has 0 aliphatic carbocycles. The zero-order valence-corrected chi connectivity index (χ0v) is 50.8. The van der Waals surface area contributed by atoms with E-state index >= 15 is 0 Å². The number of carbonyl (C=O) groups is 3. The molecule has 0 bridgehead atoms. The third kappa shape index (κ3) is 62.0. The molecule has 0 heterocycles. The molecule has 6 nitrogen and oxygen atoms in total. The first-order valence-electron chi connectivity index (χ1n) is 33.3. The molecule has 76 heavy (non-hydrogen) atoms. The summed E-state index contributed by atoms with van der Waals surface area (Å²) < 4.78 is 16.9. The Morgan fingerprint density at radius 1 is 0.263 bits per heavy atom. The van der Waals surface area contributed by atoms with E-state index < -0.39 is 6.10 Å². The molecule has 6 heteroatoms. The van der Waals surface area contributed by atoms with Crippen molar-refractivity contribution in [2.24, 2.45) is 0 Å².